The molecule has 0 bridgehead atoms. The monoisotopic (exact) mass is 508 g/mol. The van der Waals surface area contributed by atoms with Crippen LogP contribution in [0.5, 0.6) is 0 Å². The molecule has 2 N–H and O–H groups in total. The number of nitrogens with one attached hydrogen (secondary N) is 2. The smallest absolute Gasteiger partial charge is 0.340 e. The SMILES string of the molecule is O=C(Cc1ccc(Nc2ncnc3nc[nH]c23)c(F)c1)c1cccn(-c2ccc(C(F)(F)F)cc2)c1=O. The zero-order valence-corrected chi connectivity index (χ0v) is 18.8. The number of nitrogens with zero attached hydrogens (tertiary/aromatic N) is 4. The van der Waals surface area contributed by atoms with Crippen LogP contribution in [0.2, 0.25) is 0 Å². The average molecular weight is 508 g/mol. The number of benzene rings is 2. The summed E-state index contributed by atoms with van der Waals surface area (Å²) in [6.07, 6.45) is -0.701. The van der Waals surface area contributed by atoms with Crippen LogP contribution in [0.25, 0.3) is 16.9 Å². The predicted molar refractivity (Wildman–Crippen MR) is 126 cm³/mol. The van der Waals surface area contributed by atoms with Gasteiger partial charge in [0.2, 0.25) is 0 Å². The summed E-state index contributed by atoms with van der Waals surface area (Å²) in [5, 5.41) is 2.86. The van der Waals surface area contributed by atoms with E-state index < -0.39 is 28.9 Å². The zero-order chi connectivity index (χ0) is 26.2. The maximum atomic E-state index is 14.8. The standard InChI is InChI=1S/C25H16F4N6O2/c26-18-10-14(3-8-19(18)34-23-21-22(31-12-30-21)32-13-33-23)11-20(36)17-2-1-9-35(24(17)37)16-6-4-15(5-7-16)25(27,28)29/h1-10,12-13H,11H2,(H2,30,31,32,33,34). The molecule has 0 radical (unpaired) electrons. The second-order valence-electron chi connectivity index (χ2n) is 8.00. The number of imidazole rings is 1. The zero-order valence-electron chi connectivity index (χ0n) is 18.8. The molecular weight excluding hydrogens is 492 g/mol. The summed E-state index contributed by atoms with van der Waals surface area (Å²) in [6, 6.07) is 10.9. The quantitative estimate of drug-likeness (QED) is 0.252. The molecule has 0 unspecified atom stereocenters. The van der Waals surface area contributed by atoms with Crippen molar-refractivity contribution < 1.29 is 22.4 Å². The summed E-state index contributed by atoms with van der Waals surface area (Å²) in [7, 11) is 0. The molecule has 12 heteroatoms. The Bertz CT molecular complexity index is 1680. The molecule has 3 heterocycles. The third-order valence-electron chi connectivity index (χ3n) is 5.59. The van der Waals surface area contributed by atoms with E-state index in [2.05, 4.69) is 25.3 Å². The van der Waals surface area contributed by atoms with Gasteiger partial charge in [-0.05, 0) is 54.1 Å². The fourth-order valence-electron chi connectivity index (χ4n) is 3.76. The first kappa shape index (κ1) is 23.9. The number of hydrogen-bond acceptors (Lipinski definition) is 6. The van der Waals surface area contributed by atoms with Crippen molar-refractivity contribution in [1.29, 1.82) is 0 Å². The lowest BCUT2D eigenvalue weighted by Gasteiger charge is -2.11. The molecule has 5 rings (SSSR count). The van der Waals surface area contributed by atoms with E-state index >= 15 is 0 Å². The van der Waals surface area contributed by atoms with Gasteiger partial charge >= 0.3 is 6.18 Å². The van der Waals surface area contributed by atoms with Gasteiger partial charge in [0.15, 0.2) is 17.2 Å². The topological polar surface area (TPSA) is 106 Å². The Kier molecular flexibility index (Phi) is 5.99. The van der Waals surface area contributed by atoms with Crippen molar-refractivity contribution in [2.75, 3.05) is 5.32 Å². The molecule has 0 aliphatic carbocycles. The van der Waals surface area contributed by atoms with Crippen LogP contribution in [0, 0.1) is 5.82 Å². The summed E-state index contributed by atoms with van der Waals surface area (Å²) < 4.78 is 54.4. The van der Waals surface area contributed by atoms with Gasteiger partial charge in [-0.1, -0.05) is 6.07 Å². The first-order chi connectivity index (χ1) is 17.7. The number of anilines is 2. The number of carbonyl (C=O) groups excluding carboxylic acids is 1. The molecule has 8 nitrogen and oxygen atoms in total. The highest BCUT2D eigenvalue weighted by atomic mass is 19.4. The molecule has 37 heavy (non-hydrogen) atoms. The Morgan fingerprint density at radius 1 is 1.03 bits per heavy atom. The van der Waals surface area contributed by atoms with E-state index in [0.717, 1.165) is 28.8 Å². The Morgan fingerprint density at radius 2 is 1.81 bits per heavy atom. The average Bonchev–Trinajstić information content (AvgIpc) is 3.35. The fourth-order valence-corrected chi connectivity index (χ4v) is 3.76. The molecule has 3 aromatic heterocycles. The van der Waals surface area contributed by atoms with Crippen LogP contribution >= 0.6 is 0 Å². The van der Waals surface area contributed by atoms with E-state index in [1.54, 1.807) is 0 Å². The number of ketones is 1. The number of aromatic nitrogens is 5. The molecule has 0 amide bonds. The van der Waals surface area contributed by atoms with Gasteiger partial charge in [0, 0.05) is 18.3 Å². The lowest BCUT2D eigenvalue weighted by Crippen LogP contribution is -2.25. The molecule has 0 saturated heterocycles. The van der Waals surface area contributed by atoms with Crippen LogP contribution in [-0.4, -0.2) is 30.3 Å². The minimum atomic E-state index is -4.51. The molecule has 0 fully saturated rings. The van der Waals surface area contributed by atoms with E-state index in [0.29, 0.717) is 22.5 Å². The first-order valence-corrected chi connectivity index (χ1v) is 10.8. The van der Waals surface area contributed by atoms with E-state index in [1.807, 2.05) is 0 Å². The number of rotatable bonds is 6. The lowest BCUT2D eigenvalue weighted by molar-refractivity contribution is -0.137. The normalized spacial score (nSPS) is 11.6. The Labute approximate surface area is 205 Å². The largest absolute Gasteiger partial charge is 0.416 e. The van der Waals surface area contributed by atoms with Crippen molar-refractivity contribution >= 4 is 28.5 Å². The Morgan fingerprint density at radius 3 is 2.54 bits per heavy atom. The maximum Gasteiger partial charge on any atom is 0.416 e. The van der Waals surface area contributed by atoms with Crippen molar-refractivity contribution in [3.63, 3.8) is 0 Å². The third kappa shape index (κ3) is 4.81. The number of hydrogen-bond donors (Lipinski definition) is 2. The highest BCUT2D eigenvalue weighted by Crippen LogP contribution is 2.29. The minimum Gasteiger partial charge on any atom is -0.340 e. The summed E-state index contributed by atoms with van der Waals surface area (Å²) >= 11 is 0. The lowest BCUT2D eigenvalue weighted by atomic mass is 10.0. The number of fused-ring (bicyclic) bond motifs is 1. The van der Waals surface area contributed by atoms with Crippen LogP contribution in [0.15, 0.2) is 78.2 Å². The molecule has 5 aromatic rings. The number of Topliss-reactive ketones (excluding diaryl/α,β-unsaturated/α-hetero) is 1. The van der Waals surface area contributed by atoms with Crippen molar-refractivity contribution in [2.45, 2.75) is 12.6 Å². The summed E-state index contributed by atoms with van der Waals surface area (Å²) in [4.78, 5) is 40.7. The van der Waals surface area contributed by atoms with Gasteiger partial charge in [0.1, 0.15) is 17.7 Å². The third-order valence-corrected chi connectivity index (χ3v) is 5.59. The first-order valence-electron chi connectivity index (χ1n) is 10.8. The van der Waals surface area contributed by atoms with E-state index in [9.17, 15) is 27.2 Å². The number of H-pyrrole nitrogens is 1. The van der Waals surface area contributed by atoms with E-state index in [1.165, 1.54) is 49.2 Å². The number of alkyl halides is 3. The van der Waals surface area contributed by atoms with Gasteiger partial charge in [-0.2, -0.15) is 13.2 Å². The van der Waals surface area contributed by atoms with Gasteiger partial charge < -0.3 is 10.3 Å². The summed E-state index contributed by atoms with van der Waals surface area (Å²) in [6.45, 7) is 0. The Hall–Kier alpha value is -4.87. The molecule has 186 valence electrons. The maximum absolute atomic E-state index is 14.8. The number of halogens is 4. The van der Waals surface area contributed by atoms with Gasteiger partial charge in [0.05, 0.1) is 23.1 Å². The van der Waals surface area contributed by atoms with Crippen LogP contribution in [0.1, 0.15) is 21.5 Å². The number of aromatic amines is 1. The minimum absolute atomic E-state index is 0.107. The number of pyridine rings is 1. The molecule has 0 aliphatic rings. The van der Waals surface area contributed by atoms with Crippen molar-refractivity contribution in [3.05, 3.63) is 106 Å². The number of carbonyl (C=O) groups is 1. The van der Waals surface area contributed by atoms with E-state index in [4.69, 9.17) is 0 Å². The summed E-state index contributed by atoms with van der Waals surface area (Å²) in [5.41, 5.74) is -0.220. The van der Waals surface area contributed by atoms with Gasteiger partial charge in [-0.25, -0.2) is 19.3 Å². The molecule has 0 atom stereocenters. The second kappa shape index (κ2) is 9.30. The van der Waals surface area contributed by atoms with Crippen molar-refractivity contribution in [3.8, 4) is 5.69 Å². The molecular formula is C25H16F4N6O2. The van der Waals surface area contributed by atoms with Crippen LogP contribution in [0.4, 0.5) is 29.1 Å². The highest BCUT2D eigenvalue weighted by Gasteiger charge is 2.30. The highest BCUT2D eigenvalue weighted by molar-refractivity contribution is 5.97. The van der Waals surface area contributed by atoms with Gasteiger partial charge in [0.25, 0.3) is 5.56 Å². The van der Waals surface area contributed by atoms with Crippen LogP contribution in [0.3, 0.4) is 0 Å². The van der Waals surface area contributed by atoms with Crippen molar-refractivity contribution in [1.82, 2.24) is 24.5 Å². The second-order valence-corrected chi connectivity index (χ2v) is 8.00. The van der Waals surface area contributed by atoms with Gasteiger partial charge in [-0.15, -0.1) is 0 Å². The molecule has 2 aromatic carbocycles. The molecule has 0 spiro atoms. The van der Waals surface area contributed by atoms with Gasteiger partial charge in [-0.3, -0.25) is 14.2 Å². The van der Waals surface area contributed by atoms with Crippen molar-refractivity contribution in [2.24, 2.45) is 0 Å². The molecule has 0 saturated carbocycles. The van der Waals surface area contributed by atoms with Crippen LogP contribution in [-0.2, 0) is 12.6 Å². The Balaban J connectivity index is 1.35. The predicted octanol–water partition coefficient (Wildman–Crippen LogP) is 4.83. The fraction of sp³-hybridized carbons (Fsp3) is 0.0800. The molecule has 0 aliphatic heterocycles. The summed E-state index contributed by atoms with van der Waals surface area (Å²) in [5.74, 6) is -0.897. The van der Waals surface area contributed by atoms with Crippen LogP contribution < -0.4 is 10.9 Å². The van der Waals surface area contributed by atoms with E-state index in [-0.39, 0.29) is 23.4 Å².